The predicted octanol–water partition coefficient (Wildman–Crippen LogP) is 5.28. The van der Waals surface area contributed by atoms with Gasteiger partial charge in [0.25, 0.3) is 0 Å². The molecule has 0 saturated heterocycles. The first-order valence-electron chi connectivity index (χ1n) is 8.15. The number of carbonyl (C=O) groups is 1. The molecule has 0 bridgehead atoms. The van der Waals surface area contributed by atoms with Gasteiger partial charge in [0.15, 0.2) is 5.06 Å². The van der Waals surface area contributed by atoms with E-state index in [0.717, 1.165) is 17.4 Å². The highest BCUT2D eigenvalue weighted by Crippen LogP contribution is 2.37. The van der Waals surface area contributed by atoms with Gasteiger partial charge in [0, 0.05) is 16.0 Å². The van der Waals surface area contributed by atoms with Gasteiger partial charge in [-0.2, -0.15) is 17.6 Å². The number of hydrogen-bond donors (Lipinski definition) is 2. The summed E-state index contributed by atoms with van der Waals surface area (Å²) >= 11 is 6.75. The molecule has 1 aromatic carbocycles. The number of aliphatic carboxylic acids is 1. The third-order valence-electron chi connectivity index (χ3n) is 4.29. The Balaban J connectivity index is 1.99. The van der Waals surface area contributed by atoms with Crippen molar-refractivity contribution in [1.29, 1.82) is 0 Å². The van der Waals surface area contributed by atoms with Crippen LogP contribution in [0.5, 0.6) is 10.8 Å². The second-order valence-electron chi connectivity index (χ2n) is 6.23. The van der Waals surface area contributed by atoms with Gasteiger partial charge >= 0.3 is 18.5 Å². The molecule has 2 aromatic heterocycles. The molecule has 0 fully saturated rings. The molecule has 0 aliphatic heterocycles. The van der Waals surface area contributed by atoms with Gasteiger partial charge in [-0.05, 0) is 36.8 Å². The molecule has 156 valence electrons. The number of halogens is 5. The SMILES string of the molecule is Cc1c(CC(=O)O)c2cc(O)c(Cl)cc2n1Cc1ccc(OC(F)(F)C(F)F)s1. The van der Waals surface area contributed by atoms with E-state index in [1.54, 1.807) is 11.5 Å². The van der Waals surface area contributed by atoms with Crippen molar-refractivity contribution < 1.29 is 37.3 Å². The minimum absolute atomic E-state index is 0.0601. The van der Waals surface area contributed by atoms with Crippen molar-refractivity contribution in [2.45, 2.75) is 32.4 Å². The lowest BCUT2D eigenvalue weighted by atomic mass is 10.1. The number of aromatic hydroxyl groups is 1. The Bertz CT molecular complexity index is 1080. The molecule has 0 spiro atoms. The van der Waals surface area contributed by atoms with Gasteiger partial charge in [-0.15, -0.1) is 11.3 Å². The van der Waals surface area contributed by atoms with E-state index in [0.29, 0.717) is 27.0 Å². The monoisotopic (exact) mass is 451 g/mol. The van der Waals surface area contributed by atoms with Gasteiger partial charge in [0.05, 0.1) is 23.5 Å². The highest BCUT2D eigenvalue weighted by molar-refractivity contribution is 7.13. The van der Waals surface area contributed by atoms with E-state index in [1.807, 2.05) is 0 Å². The quantitative estimate of drug-likeness (QED) is 0.479. The Morgan fingerprint density at radius 2 is 2.03 bits per heavy atom. The van der Waals surface area contributed by atoms with Crippen molar-refractivity contribution in [2.24, 2.45) is 0 Å². The maximum absolute atomic E-state index is 13.1. The van der Waals surface area contributed by atoms with E-state index in [1.165, 1.54) is 18.2 Å². The van der Waals surface area contributed by atoms with E-state index in [4.69, 9.17) is 11.6 Å². The summed E-state index contributed by atoms with van der Waals surface area (Å²) in [6, 6.07) is 5.45. The van der Waals surface area contributed by atoms with E-state index >= 15 is 0 Å². The number of phenols is 1. The zero-order chi connectivity index (χ0) is 21.5. The number of carboxylic acid groups (broad SMARTS) is 1. The maximum Gasteiger partial charge on any atom is 0.461 e. The summed E-state index contributed by atoms with van der Waals surface area (Å²) in [5, 5.41) is 19.2. The number of hydrogen-bond acceptors (Lipinski definition) is 4. The number of fused-ring (bicyclic) bond motifs is 1. The first kappa shape index (κ1) is 21.3. The fraction of sp³-hybridized carbons (Fsp3) is 0.278. The minimum Gasteiger partial charge on any atom is -0.506 e. The minimum atomic E-state index is -4.60. The van der Waals surface area contributed by atoms with Crippen LogP contribution >= 0.6 is 22.9 Å². The first-order chi connectivity index (χ1) is 13.5. The van der Waals surface area contributed by atoms with E-state index in [9.17, 15) is 32.6 Å². The fourth-order valence-electron chi connectivity index (χ4n) is 2.97. The Morgan fingerprint density at radius 1 is 1.34 bits per heavy atom. The smallest absolute Gasteiger partial charge is 0.461 e. The number of aromatic nitrogens is 1. The van der Waals surface area contributed by atoms with Crippen LogP contribution in [0.2, 0.25) is 5.02 Å². The molecule has 0 aliphatic carbocycles. The third kappa shape index (κ3) is 4.27. The summed E-state index contributed by atoms with van der Waals surface area (Å²) in [6.45, 7) is 1.82. The molecule has 0 amide bonds. The molecule has 0 atom stereocenters. The number of nitrogens with zero attached hydrogens (tertiary/aromatic N) is 1. The molecule has 0 aliphatic rings. The third-order valence-corrected chi connectivity index (χ3v) is 5.54. The van der Waals surface area contributed by atoms with Gasteiger partial charge in [-0.25, -0.2) is 0 Å². The average Bonchev–Trinajstić information content (AvgIpc) is 3.13. The van der Waals surface area contributed by atoms with Gasteiger partial charge in [-0.1, -0.05) is 11.6 Å². The molecule has 11 heteroatoms. The number of carboxylic acids is 1. The predicted molar refractivity (Wildman–Crippen MR) is 99.7 cm³/mol. The van der Waals surface area contributed by atoms with Crippen LogP contribution < -0.4 is 4.74 Å². The molecule has 29 heavy (non-hydrogen) atoms. The lowest BCUT2D eigenvalue weighted by Gasteiger charge is -2.14. The zero-order valence-corrected chi connectivity index (χ0v) is 16.3. The lowest BCUT2D eigenvalue weighted by Crippen LogP contribution is -2.33. The number of benzene rings is 1. The van der Waals surface area contributed by atoms with Crippen LogP contribution in [-0.2, 0) is 17.8 Å². The highest BCUT2D eigenvalue weighted by Gasteiger charge is 2.44. The summed E-state index contributed by atoms with van der Waals surface area (Å²) in [7, 11) is 0. The van der Waals surface area contributed by atoms with Crippen molar-refractivity contribution in [3.63, 3.8) is 0 Å². The van der Waals surface area contributed by atoms with Crippen LogP contribution in [0.3, 0.4) is 0 Å². The summed E-state index contributed by atoms with van der Waals surface area (Å²) in [5.74, 6) is -1.27. The summed E-state index contributed by atoms with van der Waals surface area (Å²) < 4.78 is 56.6. The summed E-state index contributed by atoms with van der Waals surface area (Å²) in [4.78, 5) is 11.7. The largest absolute Gasteiger partial charge is 0.506 e. The molecule has 2 heterocycles. The van der Waals surface area contributed by atoms with E-state index < -0.39 is 18.5 Å². The van der Waals surface area contributed by atoms with Crippen molar-refractivity contribution in [3.8, 4) is 10.8 Å². The van der Waals surface area contributed by atoms with Crippen LogP contribution in [0.25, 0.3) is 10.9 Å². The fourth-order valence-corrected chi connectivity index (χ4v) is 4.00. The molecule has 3 aromatic rings. The second kappa shape index (κ2) is 7.75. The van der Waals surface area contributed by atoms with Crippen LogP contribution in [0, 0.1) is 6.92 Å². The van der Waals surface area contributed by atoms with Gasteiger partial charge < -0.3 is 19.5 Å². The molecule has 3 rings (SSSR count). The molecule has 0 unspecified atom stereocenters. The number of thiophene rings is 1. The highest BCUT2D eigenvalue weighted by atomic mass is 35.5. The van der Waals surface area contributed by atoms with Crippen molar-refractivity contribution in [1.82, 2.24) is 4.57 Å². The normalized spacial score (nSPS) is 12.1. The second-order valence-corrected chi connectivity index (χ2v) is 7.76. The first-order valence-corrected chi connectivity index (χ1v) is 9.34. The molecule has 0 saturated carbocycles. The molecular formula is C18H14ClF4NO4S. The van der Waals surface area contributed by atoms with Gasteiger partial charge in [0.2, 0.25) is 0 Å². The summed E-state index contributed by atoms with van der Waals surface area (Å²) in [6.07, 6.45) is -8.86. The van der Waals surface area contributed by atoms with Crippen LogP contribution in [0.15, 0.2) is 24.3 Å². The average molecular weight is 452 g/mol. The van der Waals surface area contributed by atoms with Crippen molar-refractivity contribution in [3.05, 3.63) is 45.4 Å². The Kier molecular flexibility index (Phi) is 5.68. The standard InChI is InChI=1S/C18H14ClF4NO4S/c1-8-10(5-15(26)27)11-4-14(25)12(19)6-13(11)24(8)7-9-2-3-16(29-9)28-18(22,23)17(20)21/h2-4,6,17,25H,5,7H2,1H3,(H,26,27). The summed E-state index contributed by atoms with van der Waals surface area (Å²) in [5.41, 5.74) is 1.59. The number of ether oxygens (including phenoxy) is 1. The van der Waals surface area contributed by atoms with Crippen LogP contribution in [-0.4, -0.2) is 33.3 Å². The van der Waals surface area contributed by atoms with Crippen LogP contribution in [0.1, 0.15) is 16.1 Å². The van der Waals surface area contributed by atoms with Crippen molar-refractivity contribution >= 4 is 39.8 Å². The van der Waals surface area contributed by atoms with E-state index in [2.05, 4.69) is 4.74 Å². The topological polar surface area (TPSA) is 71.7 Å². The molecular weight excluding hydrogens is 438 g/mol. The van der Waals surface area contributed by atoms with Gasteiger partial charge in [-0.3, -0.25) is 4.79 Å². The Morgan fingerprint density at radius 3 is 2.66 bits per heavy atom. The number of phenolic OH excluding ortho intramolecular Hbond substituents is 1. The zero-order valence-electron chi connectivity index (χ0n) is 14.8. The Hall–Kier alpha value is -2.46. The molecule has 2 N–H and O–H groups in total. The lowest BCUT2D eigenvalue weighted by molar-refractivity contribution is -0.251. The number of alkyl halides is 4. The van der Waals surface area contributed by atoms with Gasteiger partial charge in [0.1, 0.15) is 5.75 Å². The Labute approximate surface area is 170 Å². The number of rotatable bonds is 7. The van der Waals surface area contributed by atoms with Crippen molar-refractivity contribution in [2.75, 3.05) is 0 Å². The van der Waals surface area contributed by atoms with Crippen LogP contribution in [0.4, 0.5) is 17.6 Å². The molecule has 0 radical (unpaired) electrons. The van der Waals surface area contributed by atoms with E-state index in [-0.39, 0.29) is 28.8 Å². The molecule has 5 nitrogen and oxygen atoms in total. The maximum atomic E-state index is 13.1.